The first-order chi connectivity index (χ1) is 8.81. The lowest BCUT2D eigenvalue weighted by molar-refractivity contribution is 0.157. The molecule has 0 radical (unpaired) electrons. The molecule has 4 nitrogen and oxygen atoms in total. The van der Waals surface area contributed by atoms with Crippen LogP contribution in [0.3, 0.4) is 0 Å². The van der Waals surface area contributed by atoms with Crippen LogP contribution in [0.5, 0.6) is 11.5 Å². The standard InChI is InChI=1S/C14H21NO3/c1-11(10-16-2)8-15-9-12-4-3-5-13-14(12)18-7-6-17-13/h3-5,11,15H,6-10H2,1-2H3. The summed E-state index contributed by atoms with van der Waals surface area (Å²) in [5, 5.41) is 3.42. The molecule has 1 N–H and O–H groups in total. The van der Waals surface area contributed by atoms with Crippen molar-refractivity contribution in [1.29, 1.82) is 0 Å². The summed E-state index contributed by atoms with van der Waals surface area (Å²) in [5.74, 6) is 2.24. The van der Waals surface area contributed by atoms with Gasteiger partial charge >= 0.3 is 0 Å². The average molecular weight is 251 g/mol. The third-order valence-electron chi connectivity index (χ3n) is 2.91. The van der Waals surface area contributed by atoms with E-state index in [0.29, 0.717) is 19.1 Å². The Morgan fingerprint density at radius 3 is 3.00 bits per heavy atom. The number of nitrogens with one attached hydrogen (secondary N) is 1. The fourth-order valence-corrected chi connectivity index (χ4v) is 2.07. The molecule has 0 saturated carbocycles. The highest BCUT2D eigenvalue weighted by atomic mass is 16.6. The van der Waals surface area contributed by atoms with Crippen LogP contribution in [-0.2, 0) is 11.3 Å². The lowest BCUT2D eigenvalue weighted by atomic mass is 10.1. The fourth-order valence-electron chi connectivity index (χ4n) is 2.07. The molecule has 0 saturated heterocycles. The van der Waals surface area contributed by atoms with Gasteiger partial charge in [0.25, 0.3) is 0 Å². The summed E-state index contributed by atoms with van der Waals surface area (Å²) in [7, 11) is 1.73. The Hall–Kier alpha value is -1.26. The Labute approximate surface area is 108 Å². The minimum Gasteiger partial charge on any atom is -0.486 e. The summed E-state index contributed by atoms with van der Waals surface area (Å²) in [6.45, 7) is 5.92. The van der Waals surface area contributed by atoms with Crippen LogP contribution in [-0.4, -0.2) is 33.5 Å². The number of rotatable bonds is 6. The predicted molar refractivity (Wildman–Crippen MR) is 70.2 cm³/mol. The Balaban J connectivity index is 1.89. The van der Waals surface area contributed by atoms with Crippen LogP contribution in [0.15, 0.2) is 18.2 Å². The van der Waals surface area contributed by atoms with E-state index in [9.17, 15) is 0 Å². The number of methoxy groups -OCH3 is 1. The van der Waals surface area contributed by atoms with E-state index in [4.69, 9.17) is 14.2 Å². The summed E-state index contributed by atoms with van der Waals surface area (Å²) in [5.41, 5.74) is 1.15. The molecule has 1 aromatic rings. The van der Waals surface area contributed by atoms with E-state index < -0.39 is 0 Å². The second-order valence-corrected chi connectivity index (χ2v) is 4.63. The smallest absolute Gasteiger partial charge is 0.165 e. The Morgan fingerprint density at radius 2 is 2.17 bits per heavy atom. The van der Waals surface area contributed by atoms with Gasteiger partial charge in [-0.2, -0.15) is 0 Å². The molecule has 0 fully saturated rings. The van der Waals surface area contributed by atoms with Gasteiger partial charge in [0.2, 0.25) is 0 Å². The van der Waals surface area contributed by atoms with E-state index in [-0.39, 0.29) is 0 Å². The summed E-state index contributed by atoms with van der Waals surface area (Å²) < 4.78 is 16.3. The molecule has 0 aliphatic carbocycles. The largest absolute Gasteiger partial charge is 0.486 e. The second kappa shape index (κ2) is 6.61. The summed E-state index contributed by atoms with van der Waals surface area (Å²) in [6, 6.07) is 6.02. The third kappa shape index (κ3) is 3.37. The molecular weight excluding hydrogens is 230 g/mol. The molecule has 1 aliphatic rings. The number of hydrogen-bond acceptors (Lipinski definition) is 4. The number of ether oxygens (including phenoxy) is 3. The van der Waals surface area contributed by atoms with Crippen LogP contribution in [0.2, 0.25) is 0 Å². The predicted octanol–water partition coefficient (Wildman–Crippen LogP) is 1.83. The number of hydrogen-bond donors (Lipinski definition) is 1. The van der Waals surface area contributed by atoms with E-state index in [1.807, 2.05) is 12.1 Å². The van der Waals surface area contributed by atoms with Gasteiger partial charge in [0, 0.05) is 32.4 Å². The molecule has 0 bridgehead atoms. The normalized spacial score (nSPS) is 15.4. The van der Waals surface area contributed by atoms with Crippen molar-refractivity contribution < 1.29 is 14.2 Å². The Morgan fingerprint density at radius 1 is 1.33 bits per heavy atom. The van der Waals surface area contributed by atoms with Crippen molar-refractivity contribution in [3.8, 4) is 11.5 Å². The van der Waals surface area contributed by atoms with Crippen molar-refractivity contribution in [2.75, 3.05) is 33.5 Å². The van der Waals surface area contributed by atoms with Gasteiger partial charge in [0.1, 0.15) is 13.2 Å². The van der Waals surface area contributed by atoms with Crippen LogP contribution < -0.4 is 14.8 Å². The molecule has 0 amide bonds. The van der Waals surface area contributed by atoms with Gasteiger partial charge in [-0.15, -0.1) is 0 Å². The fraction of sp³-hybridized carbons (Fsp3) is 0.571. The molecule has 2 rings (SSSR count). The van der Waals surface area contributed by atoms with Gasteiger partial charge in [-0.25, -0.2) is 0 Å². The van der Waals surface area contributed by atoms with Crippen molar-refractivity contribution in [2.24, 2.45) is 5.92 Å². The number of benzene rings is 1. The van der Waals surface area contributed by atoms with Crippen molar-refractivity contribution >= 4 is 0 Å². The van der Waals surface area contributed by atoms with E-state index in [0.717, 1.165) is 36.8 Å². The first-order valence-corrected chi connectivity index (χ1v) is 6.38. The van der Waals surface area contributed by atoms with Crippen LogP contribution in [0, 0.1) is 5.92 Å². The maximum Gasteiger partial charge on any atom is 0.165 e. The maximum atomic E-state index is 5.67. The molecule has 1 heterocycles. The van der Waals surface area contributed by atoms with Crippen LogP contribution in [0.25, 0.3) is 0 Å². The highest BCUT2D eigenvalue weighted by Gasteiger charge is 2.15. The Kier molecular flexibility index (Phi) is 4.84. The summed E-state index contributed by atoms with van der Waals surface area (Å²) in [4.78, 5) is 0. The quantitative estimate of drug-likeness (QED) is 0.837. The zero-order valence-corrected chi connectivity index (χ0v) is 11.1. The molecule has 18 heavy (non-hydrogen) atoms. The minimum absolute atomic E-state index is 0.506. The van der Waals surface area contributed by atoms with Crippen molar-refractivity contribution in [1.82, 2.24) is 5.32 Å². The maximum absolute atomic E-state index is 5.67. The SMILES string of the molecule is COCC(C)CNCc1cccc2c1OCCO2. The lowest BCUT2D eigenvalue weighted by Crippen LogP contribution is -2.24. The van der Waals surface area contributed by atoms with Crippen LogP contribution >= 0.6 is 0 Å². The summed E-state index contributed by atoms with van der Waals surface area (Å²) >= 11 is 0. The topological polar surface area (TPSA) is 39.7 Å². The molecule has 1 aliphatic heterocycles. The van der Waals surface area contributed by atoms with Gasteiger partial charge < -0.3 is 19.5 Å². The van der Waals surface area contributed by atoms with Crippen molar-refractivity contribution in [2.45, 2.75) is 13.5 Å². The molecule has 1 aromatic carbocycles. The number of fused-ring (bicyclic) bond motifs is 1. The van der Waals surface area contributed by atoms with E-state index in [1.165, 1.54) is 0 Å². The molecule has 1 atom stereocenters. The molecular formula is C14H21NO3. The van der Waals surface area contributed by atoms with E-state index >= 15 is 0 Å². The molecule has 0 spiro atoms. The molecule has 1 unspecified atom stereocenters. The first-order valence-electron chi connectivity index (χ1n) is 6.38. The molecule has 100 valence electrons. The van der Waals surface area contributed by atoms with Crippen LogP contribution in [0.4, 0.5) is 0 Å². The zero-order valence-electron chi connectivity index (χ0n) is 11.1. The van der Waals surface area contributed by atoms with Gasteiger partial charge in [-0.3, -0.25) is 0 Å². The molecule has 0 aromatic heterocycles. The van der Waals surface area contributed by atoms with Crippen molar-refractivity contribution in [3.63, 3.8) is 0 Å². The van der Waals surface area contributed by atoms with Gasteiger partial charge in [0.15, 0.2) is 11.5 Å². The van der Waals surface area contributed by atoms with Gasteiger partial charge in [0.05, 0.1) is 0 Å². The van der Waals surface area contributed by atoms with Gasteiger partial charge in [-0.05, 0) is 12.0 Å². The highest BCUT2D eigenvalue weighted by Crippen LogP contribution is 2.33. The minimum atomic E-state index is 0.506. The Bertz CT molecular complexity index is 381. The second-order valence-electron chi connectivity index (χ2n) is 4.63. The monoisotopic (exact) mass is 251 g/mol. The van der Waals surface area contributed by atoms with Crippen molar-refractivity contribution in [3.05, 3.63) is 23.8 Å². The number of para-hydroxylation sites is 1. The van der Waals surface area contributed by atoms with E-state index in [2.05, 4.69) is 18.3 Å². The lowest BCUT2D eigenvalue weighted by Gasteiger charge is -2.21. The summed E-state index contributed by atoms with van der Waals surface area (Å²) in [6.07, 6.45) is 0. The first kappa shape index (κ1) is 13.2. The zero-order chi connectivity index (χ0) is 12.8. The van der Waals surface area contributed by atoms with E-state index in [1.54, 1.807) is 7.11 Å². The van der Waals surface area contributed by atoms with Gasteiger partial charge in [-0.1, -0.05) is 19.1 Å². The average Bonchev–Trinajstić information content (AvgIpc) is 2.39. The van der Waals surface area contributed by atoms with Crippen LogP contribution in [0.1, 0.15) is 12.5 Å². The molecule has 4 heteroatoms. The third-order valence-corrected chi connectivity index (χ3v) is 2.91. The highest BCUT2D eigenvalue weighted by molar-refractivity contribution is 5.47.